The third-order valence-electron chi connectivity index (χ3n) is 3.10. The Morgan fingerprint density at radius 3 is 2.17 bits per heavy atom. The van der Waals surface area contributed by atoms with E-state index in [0.29, 0.717) is 21.5 Å². The van der Waals surface area contributed by atoms with Crippen LogP contribution in [0.15, 0.2) is 46.9 Å². The second-order valence-electron chi connectivity index (χ2n) is 4.58. The molecule has 0 aliphatic heterocycles. The van der Waals surface area contributed by atoms with Gasteiger partial charge in [-0.1, -0.05) is 34.1 Å². The Morgan fingerprint density at radius 1 is 1.00 bits per heavy atom. The zero-order valence-electron chi connectivity index (χ0n) is 12.7. The van der Waals surface area contributed by atoms with Crippen molar-refractivity contribution in [1.82, 2.24) is 0 Å². The fraction of sp³-hybridized carbons (Fsp3) is 0.176. The number of ether oxygens (including phenoxy) is 3. The zero-order valence-corrected chi connectivity index (χ0v) is 14.3. The highest BCUT2D eigenvalue weighted by molar-refractivity contribution is 9.10. The largest absolute Gasteiger partial charge is 0.497 e. The Morgan fingerprint density at radius 2 is 1.61 bits per heavy atom. The molecule has 0 saturated carbocycles. The van der Waals surface area contributed by atoms with Crippen molar-refractivity contribution in [1.29, 1.82) is 0 Å². The number of Topliss-reactive ketones (excluding diaryl/α,β-unsaturated/α-hetero) is 1. The van der Waals surface area contributed by atoms with Crippen molar-refractivity contribution in [3.63, 3.8) is 0 Å². The molecule has 0 unspecified atom stereocenters. The fourth-order valence-electron chi connectivity index (χ4n) is 1.90. The molecule has 0 aromatic heterocycles. The van der Waals surface area contributed by atoms with Crippen LogP contribution >= 0.6 is 15.9 Å². The summed E-state index contributed by atoms with van der Waals surface area (Å²) in [6, 6.07) is 11.6. The molecule has 2 aromatic carbocycles. The van der Waals surface area contributed by atoms with E-state index < -0.39 is 5.97 Å². The summed E-state index contributed by atoms with van der Waals surface area (Å²) in [5.74, 6) is 0.0187. The zero-order chi connectivity index (χ0) is 16.8. The van der Waals surface area contributed by atoms with E-state index in [4.69, 9.17) is 14.2 Å². The van der Waals surface area contributed by atoms with Crippen molar-refractivity contribution in [2.45, 2.75) is 0 Å². The third kappa shape index (κ3) is 4.32. The van der Waals surface area contributed by atoms with Crippen molar-refractivity contribution in [2.75, 3.05) is 20.8 Å². The van der Waals surface area contributed by atoms with Crippen molar-refractivity contribution < 1.29 is 23.8 Å². The molecule has 2 rings (SSSR count). The van der Waals surface area contributed by atoms with Crippen molar-refractivity contribution in [2.24, 2.45) is 0 Å². The van der Waals surface area contributed by atoms with Crippen LogP contribution in [0.1, 0.15) is 20.7 Å². The van der Waals surface area contributed by atoms with Gasteiger partial charge in [0.15, 0.2) is 6.61 Å². The van der Waals surface area contributed by atoms with Gasteiger partial charge in [0.1, 0.15) is 11.5 Å². The summed E-state index contributed by atoms with van der Waals surface area (Å²) in [7, 11) is 2.97. The summed E-state index contributed by atoms with van der Waals surface area (Å²) >= 11 is 3.29. The number of hydrogen-bond acceptors (Lipinski definition) is 5. The van der Waals surface area contributed by atoms with Gasteiger partial charge < -0.3 is 14.2 Å². The summed E-state index contributed by atoms with van der Waals surface area (Å²) in [5, 5.41) is 0. The molecule has 0 spiro atoms. The van der Waals surface area contributed by atoms with Gasteiger partial charge in [-0.3, -0.25) is 4.79 Å². The predicted molar refractivity (Wildman–Crippen MR) is 88.3 cm³/mol. The predicted octanol–water partition coefficient (Wildman–Crippen LogP) is 3.51. The van der Waals surface area contributed by atoms with E-state index in [9.17, 15) is 9.59 Å². The van der Waals surface area contributed by atoms with Gasteiger partial charge in [-0.2, -0.15) is 0 Å². The van der Waals surface area contributed by atoms with Crippen LogP contribution in [0.3, 0.4) is 0 Å². The van der Waals surface area contributed by atoms with Gasteiger partial charge in [0.25, 0.3) is 0 Å². The van der Waals surface area contributed by atoms with E-state index in [1.807, 2.05) is 0 Å². The number of benzene rings is 2. The summed E-state index contributed by atoms with van der Waals surface area (Å²) < 4.78 is 15.9. The van der Waals surface area contributed by atoms with E-state index >= 15 is 0 Å². The minimum atomic E-state index is -0.623. The third-order valence-corrected chi connectivity index (χ3v) is 3.79. The fourth-order valence-corrected chi connectivity index (χ4v) is 2.41. The number of carbonyl (C=O) groups is 2. The maximum atomic E-state index is 12.1. The van der Waals surface area contributed by atoms with E-state index in [-0.39, 0.29) is 18.0 Å². The molecule has 0 aliphatic rings. The van der Waals surface area contributed by atoms with Gasteiger partial charge in [-0.05, 0) is 18.2 Å². The molecular formula is C17H15BrO5. The van der Waals surface area contributed by atoms with Crippen LogP contribution in [0.2, 0.25) is 0 Å². The first-order valence-electron chi connectivity index (χ1n) is 6.73. The van der Waals surface area contributed by atoms with Crippen LogP contribution in [0.4, 0.5) is 0 Å². The molecule has 0 fully saturated rings. The molecule has 0 heterocycles. The van der Waals surface area contributed by atoms with E-state index in [0.717, 1.165) is 0 Å². The molecule has 0 N–H and O–H groups in total. The van der Waals surface area contributed by atoms with Crippen LogP contribution in [0.25, 0.3) is 0 Å². The van der Waals surface area contributed by atoms with Crippen LogP contribution in [-0.4, -0.2) is 32.6 Å². The maximum Gasteiger partial charge on any atom is 0.338 e. The number of methoxy groups -OCH3 is 2. The van der Waals surface area contributed by atoms with Crippen molar-refractivity contribution in [3.8, 4) is 11.5 Å². The Labute approximate surface area is 142 Å². The first-order chi connectivity index (χ1) is 11.0. The average Bonchev–Trinajstić information content (AvgIpc) is 2.59. The first kappa shape index (κ1) is 17.0. The normalized spacial score (nSPS) is 10.0. The average molecular weight is 379 g/mol. The van der Waals surface area contributed by atoms with Gasteiger partial charge >= 0.3 is 5.97 Å². The van der Waals surface area contributed by atoms with Gasteiger partial charge in [0, 0.05) is 16.1 Å². The minimum Gasteiger partial charge on any atom is -0.497 e. The smallest absolute Gasteiger partial charge is 0.338 e. The van der Waals surface area contributed by atoms with Crippen molar-refractivity contribution in [3.05, 3.63) is 58.1 Å². The molecule has 0 radical (unpaired) electrons. The lowest BCUT2D eigenvalue weighted by molar-refractivity contribution is 0.0474. The van der Waals surface area contributed by atoms with Crippen LogP contribution in [0, 0.1) is 0 Å². The second-order valence-corrected chi connectivity index (χ2v) is 5.43. The number of rotatable bonds is 6. The molecule has 5 nitrogen and oxygen atoms in total. The second kappa shape index (κ2) is 7.78. The summed E-state index contributed by atoms with van der Waals surface area (Å²) in [5.41, 5.74) is 0.713. The van der Waals surface area contributed by atoms with Crippen molar-refractivity contribution >= 4 is 27.7 Å². The van der Waals surface area contributed by atoms with Crippen LogP contribution in [0.5, 0.6) is 11.5 Å². The summed E-state index contributed by atoms with van der Waals surface area (Å²) in [6.45, 7) is -0.346. The molecular weight excluding hydrogens is 364 g/mol. The first-order valence-corrected chi connectivity index (χ1v) is 7.52. The highest BCUT2D eigenvalue weighted by Crippen LogP contribution is 2.23. The molecule has 0 aliphatic carbocycles. The van der Waals surface area contributed by atoms with E-state index in [1.165, 1.54) is 26.4 Å². The Balaban J connectivity index is 2.08. The van der Waals surface area contributed by atoms with Crippen LogP contribution in [-0.2, 0) is 4.74 Å². The monoisotopic (exact) mass is 378 g/mol. The Bertz CT molecular complexity index is 704. The van der Waals surface area contributed by atoms with Crippen LogP contribution < -0.4 is 9.47 Å². The lowest BCUT2D eigenvalue weighted by atomic mass is 10.1. The standard InChI is InChI=1S/C17H15BrO5/c1-21-12-7-11(8-13(9-12)22-2)17(20)23-10-16(19)14-5-3-4-6-15(14)18/h3-9H,10H2,1-2H3. The highest BCUT2D eigenvalue weighted by atomic mass is 79.9. The lowest BCUT2D eigenvalue weighted by Crippen LogP contribution is -2.14. The molecule has 0 saturated heterocycles. The molecule has 0 amide bonds. The molecule has 0 atom stereocenters. The number of carbonyl (C=O) groups excluding carboxylic acids is 2. The van der Waals surface area contributed by atoms with Gasteiger partial charge in [0.05, 0.1) is 19.8 Å². The Kier molecular flexibility index (Phi) is 5.76. The number of halogens is 1. The van der Waals surface area contributed by atoms with Gasteiger partial charge in [-0.25, -0.2) is 4.79 Å². The maximum absolute atomic E-state index is 12.1. The van der Waals surface area contributed by atoms with Gasteiger partial charge in [-0.15, -0.1) is 0 Å². The molecule has 23 heavy (non-hydrogen) atoms. The Hall–Kier alpha value is -2.34. The van der Waals surface area contributed by atoms with E-state index in [2.05, 4.69) is 15.9 Å². The van der Waals surface area contributed by atoms with Gasteiger partial charge in [0.2, 0.25) is 5.78 Å². The topological polar surface area (TPSA) is 61.8 Å². The minimum absolute atomic E-state index is 0.251. The number of esters is 1. The SMILES string of the molecule is COc1cc(OC)cc(C(=O)OCC(=O)c2ccccc2Br)c1. The summed E-state index contributed by atoms with van der Waals surface area (Å²) in [4.78, 5) is 24.2. The molecule has 6 heteroatoms. The quantitative estimate of drug-likeness (QED) is 0.568. The van der Waals surface area contributed by atoms with E-state index in [1.54, 1.807) is 30.3 Å². The number of hydrogen-bond donors (Lipinski definition) is 0. The highest BCUT2D eigenvalue weighted by Gasteiger charge is 2.15. The molecule has 120 valence electrons. The number of ketones is 1. The molecule has 0 bridgehead atoms. The summed E-state index contributed by atoms with van der Waals surface area (Å²) in [6.07, 6.45) is 0. The molecule has 2 aromatic rings. The lowest BCUT2D eigenvalue weighted by Gasteiger charge is -2.09.